The molecule has 0 unspecified atom stereocenters. The molecule has 1 aliphatic rings. The summed E-state index contributed by atoms with van der Waals surface area (Å²) in [5.41, 5.74) is 1.49. The molecule has 0 saturated carbocycles. The molecule has 0 amide bonds. The fourth-order valence-electron chi connectivity index (χ4n) is 3.05. The zero-order valence-electron chi connectivity index (χ0n) is 14.2. The van der Waals surface area contributed by atoms with Crippen molar-refractivity contribution in [2.45, 2.75) is 18.9 Å². The van der Waals surface area contributed by atoms with Crippen LogP contribution in [0.3, 0.4) is 0 Å². The van der Waals surface area contributed by atoms with E-state index in [4.69, 9.17) is 9.78 Å². The lowest BCUT2D eigenvalue weighted by atomic mass is 10.1. The summed E-state index contributed by atoms with van der Waals surface area (Å²) in [6, 6.07) is 15.8. The monoisotopic (exact) mass is 346 g/mol. The number of nitriles is 1. The highest BCUT2D eigenvalue weighted by Crippen LogP contribution is 2.22. The second kappa shape index (κ2) is 7.23. The molecule has 1 saturated heterocycles. The van der Waals surface area contributed by atoms with Crippen molar-refractivity contribution in [1.29, 1.82) is 5.26 Å². The standard InChI is InChI=1S/C19H18N6O/c20-12-14-6-7-17(21-13-14)25-10-8-16(9-11-25)22-19-23-18(26-24-19)15-4-2-1-3-5-15/h1-7,13,16H,8-11H2,(H,22,24). The lowest BCUT2D eigenvalue weighted by molar-refractivity contribution is 0.429. The van der Waals surface area contributed by atoms with Gasteiger partial charge in [-0.2, -0.15) is 10.2 Å². The molecule has 0 radical (unpaired) electrons. The van der Waals surface area contributed by atoms with E-state index in [1.165, 1.54) is 0 Å². The van der Waals surface area contributed by atoms with Crippen LogP contribution < -0.4 is 10.2 Å². The van der Waals surface area contributed by atoms with Crippen LogP contribution in [0.5, 0.6) is 0 Å². The molecular weight excluding hydrogens is 328 g/mol. The van der Waals surface area contributed by atoms with Gasteiger partial charge < -0.3 is 14.7 Å². The van der Waals surface area contributed by atoms with E-state index in [0.717, 1.165) is 37.3 Å². The fraction of sp³-hybridized carbons (Fsp3) is 0.263. The van der Waals surface area contributed by atoms with Crippen LogP contribution in [-0.4, -0.2) is 34.3 Å². The van der Waals surface area contributed by atoms with Gasteiger partial charge in [0.05, 0.1) is 5.56 Å². The van der Waals surface area contributed by atoms with Crippen molar-refractivity contribution in [3.63, 3.8) is 0 Å². The van der Waals surface area contributed by atoms with Gasteiger partial charge in [0.1, 0.15) is 11.9 Å². The Kier molecular flexibility index (Phi) is 4.48. The molecule has 130 valence electrons. The topological polar surface area (TPSA) is 90.9 Å². The van der Waals surface area contributed by atoms with Gasteiger partial charge in [-0.3, -0.25) is 0 Å². The Balaban J connectivity index is 1.34. The molecule has 3 heterocycles. The van der Waals surface area contributed by atoms with Gasteiger partial charge in [-0.1, -0.05) is 18.2 Å². The molecule has 0 spiro atoms. The normalized spacial score (nSPS) is 14.8. The maximum atomic E-state index is 8.86. The first kappa shape index (κ1) is 16.1. The van der Waals surface area contributed by atoms with E-state index < -0.39 is 0 Å². The number of piperidine rings is 1. The third-order valence-corrected chi connectivity index (χ3v) is 4.48. The third kappa shape index (κ3) is 3.49. The number of anilines is 2. The Morgan fingerprint density at radius 3 is 2.62 bits per heavy atom. The lowest BCUT2D eigenvalue weighted by Crippen LogP contribution is -2.39. The predicted octanol–water partition coefficient (Wildman–Crippen LogP) is 3.08. The molecule has 1 fully saturated rings. The van der Waals surface area contributed by atoms with Crippen LogP contribution in [0, 0.1) is 11.3 Å². The first-order chi connectivity index (χ1) is 12.8. The molecule has 7 heteroatoms. The summed E-state index contributed by atoms with van der Waals surface area (Å²) < 4.78 is 5.33. The number of hydrogen-bond donors (Lipinski definition) is 1. The van der Waals surface area contributed by atoms with E-state index in [2.05, 4.69) is 31.4 Å². The van der Waals surface area contributed by atoms with Gasteiger partial charge in [-0.25, -0.2) is 4.98 Å². The first-order valence-corrected chi connectivity index (χ1v) is 8.58. The number of aromatic nitrogens is 3. The molecule has 0 atom stereocenters. The second-order valence-corrected chi connectivity index (χ2v) is 6.21. The Morgan fingerprint density at radius 1 is 1.12 bits per heavy atom. The lowest BCUT2D eigenvalue weighted by Gasteiger charge is -2.32. The number of benzene rings is 1. The Hall–Kier alpha value is -3.40. The van der Waals surface area contributed by atoms with E-state index in [1.807, 2.05) is 36.4 Å². The summed E-state index contributed by atoms with van der Waals surface area (Å²) in [6.45, 7) is 1.78. The summed E-state index contributed by atoms with van der Waals surface area (Å²) >= 11 is 0. The minimum Gasteiger partial charge on any atom is -0.356 e. The maximum Gasteiger partial charge on any atom is 0.263 e. The summed E-state index contributed by atoms with van der Waals surface area (Å²) in [5, 5.41) is 16.2. The van der Waals surface area contributed by atoms with Crippen molar-refractivity contribution >= 4 is 11.8 Å². The van der Waals surface area contributed by atoms with Crippen molar-refractivity contribution in [3.05, 3.63) is 54.2 Å². The highest BCUT2D eigenvalue weighted by molar-refractivity contribution is 5.53. The summed E-state index contributed by atoms with van der Waals surface area (Å²) in [4.78, 5) is 11.0. The molecule has 4 rings (SSSR count). The van der Waals surface area contributed by atoms with Crippen LogP contribution in [0.25, 0.3) is 11.5 Å². The zero-order chi connectivity index (χ0) is 17.8. The van der Waals surface area contributed by atoms with Gasteiger partial charge in [0.15, 0.2) is 0 Å². The highest BCUT2D eigenvalue weighted by atomic mass is 16.5. The largest absolute Gasteiger partial charge is 0.356 e. The van der Waals surface area contributed by atoms with Crippen LogP contribution >= 0.6 is 0 Å². The van der Waals surface area contributed by atoms with E-state index in [9.17, 15) is 0 Å². The average molecular weight is 346 g/mol. The number of nitrogens with one attached hydrogen (secondary N) is 1. The van der Waals surface area contributed by atoms with Crippen LogP contribution in [-0.2, 0) is 0 Å². The SMILES string of the molecule is N#Cc1ccc(N2CCC(Nc3noc(-c4ccccc4)n3)CC2)nc1. The van der Waals surface area contributed by atoms with Crippen molar-refractivity contribution in [2.75, 3.05) is 23.3 Å². The van der Waals surface area contributed by atoms with Gasteiger partial charge in [-0.05, 0) is 42.3 Å². The number of pyridine rings is 1. The number of nitrogens with zero attached hydrogens (tertiary/aromatic N) is 5. The smallest absolute Gasteiger partial charge is 0.263 e. The summed E-state index contributed by atoms with van der Waals surface area (Å²) in [7, 11) is 0. The fourth-order valence-corrected chi connectivity index (χ4v) is 3.05. The maximum absolute atomic E-state index is 8.86. The molecule has 1 N–H and O–H groups in total. The molecule has 0 bridgehead atoms. The molecule has 1 aromatic carbocycles. The van der Waals surface area contributed by atoms with Crippen molar-refractivity contribution < 1.29 is 4.52 Å². The van der Waals surface area contributed by atoms with Gasteiger partial charge in [0.25, 0.3) is 11.8 Å². The quantitative estimate of drug-likeness (QED) is 0.776. The molecule has 0 aliphatic carbocycles. The van der Waals surface area contributed by atoms with Gasteiger partial charge in [0.2, 0.25) is 0 Å². The number of rotatable bonds is 4. The molecule has 7 nitrogen and oxygen atoms in total. The number of hydrogen-bond acceptors (Lipinski definition) is 7. The van der Waals surface area contributed by atoms with Gasteiger partial charge in [-0.15, -0.1) is 0 Å². The van der Waals surface area contributed by atoms with E-state index >= 15 is 0 Å². The second-order valence-electron chi connectivity index (χ2n) is 6.21. The Bertz CT molecular complexity index is 892. The molecule has 26 heavy (non-hydrogen) atoms. The Labute approximate surface area is 151 Å². The van der Waals surface area contributed by atoms with Crippen LogP contribution in [0.15, 0.2) is 53.2 Å². The van der Waals surface area contributed by atoms with Gasteiger partial charge >= 0.3 is 0 Å². The molecule has 3 aromatic rings. The average Bonchev–Trinajstić information content (AvgIpc) is 3.18. The van der Waals surface area contributed by atoms with Crippen molar-refractivity contribution in [3.8, 4) is 17.5 Å². The predicted molar refractivity (Wildman–Crippen MR) is 97.5 cm³/mol. The molecular formula is C19H18N6O. The zero-order valence-corrected chi connectivity index (χ0v) is 14.2. The summed E-state index contributed by atoms with van der Waals surface area (Å²) in [5.74, 6) is 1.96. The highest BCUT2D eigenvalue weighted by Gasteiger charge is 2.21. The molecule has 2 aromatic heterocycles. The third-order valence-electron chi connectivity index (χ3n) is 4.48. The van der Waals surface area contributed by atoms with Crippen LogP contribution in [0.1, 0.15) is 18.4 Å². The van der Waals surface area contributed by atoms with E-state index in [-0.39, 0.29) is 0 Å². The van der Waals surface area contributed by atoms with E-state index in [1.54, 1.807) is 12.3 Å². The minimum absolute atomic E-state index is 0.297. The van der Waals surface area contributed by atoms with Crippen molar-refractivity contribution in [2.24, 2.45) is 0 Å². The first-order valence-electron chi connectivity index (χ1n) is 8.58. The van der Waals surface area contributed by atoms with E-state index in [0.29, 0.717) is 23.4 Å². The van der Waals surface area contributed by atoms with Crippen molar-refractivity contribution in [1.82, 2.24) is 15.1 Å². The minimum atomic E-state index is 0.297. The Morgan fingerprint density at radius 2 is 1.92 bits per heavy atom. The van der Waals surface area contributed by atoms with Crippen LogP contribution in [0.4, 0.5) is 11.8 Å². The molecule has 1 aliphatic heterocycles. The summed E-state index contributed by atoms with van der Waals surface area (Å²) in [6.07, 6.45) is 3.53. The van der Waals surface area contributed by atoms with Crippen LogP contribution in [0.2, 0.25) is 0 Å². The van der Waals surface area contributed by atoms with Gasteiger partial charge in [0, 0.05) is 30.9 Å².